The number of nitrogens with one attached hydrogen (secondary N) is 1. The lowest BCUT2D eigenvalue weighted by Crippen LogP contribution is -2.59. The fourth-order valence-electron chi connectivity index (χ4n) is 5.79. The molecule has 0 saturated carbocycles. The van der Waals surface area contributed by atoms with E-state index in [9.17, 15) is 14.4 Å². The molecule has 0 unspecified atom stereocenters. The van der Waals surface area contributed by atoms with E-state index in [1.165, 1.54) is 6.92 Å². The van der Waals surface area contributed by atoms with Crippen LogP contribution in [0.1, 0.15) is 36.6 Å². The number of Topliss-reactive ketones (excluding diaryl/α,β-unsaturated/α-hetero) is 1. The van der Waals surface area contributed by atoms with Crippen LogP contribution in [-0.2, 0) is 24.5 Å². The second-order valence-corrected chi connectivity index (χ2v) is 9.13. The quantitative estimate of drug-likeness (QED) is 0.547. The van der Waals surface area contributed by atoms with Gasteiger partial charge in [0.25, 0.3) is 0 Å². The number of ether oxygens (including phenoxy) is 1. The number of fused-ring (bicyclic) bond motifs is 2. The fourth-order valence-corrected chi connectivity index (χ4v) is 5.79. The van der Waals surface area contributed by atoms with Crippen molar-refractivity contribution in [2.45, 2.75) is 25.3 Å². The number of hydrogen-bond donors (Lipinski definition) is 1. The molecule has 0 radical (unpaired) electrons. The van der Waals surface area contributed by atoms with Crippen molar-refractivity contribution in [1.82, 2.24) is 5.32 Å². The molecule has 6 nitrogen and oxygen atoms in total. The van der Waals surface area contributed by atoms with Gasteiger partial charge in [0.1, 0.15) is 11.3 Å². The first-order valence-electron chi connectivity index (χ1n) is 12.1. The normalized spacial score (nSPS) is 22.9. The van der Waals surface area contributed by atoms with Gasteiger partial charge in [-0.05, 0) is 36.6 Å². The molecule has 2 aliphatic rings. The summed E-state index contributed by atoms with van der Waals surface area (Å²) in [4.78, 5) is 43.2. The summed E-state index contributed by atoms with van der Waals surface area (Å²) in [5, 5.41) is 3.57. The Morgan fingerprint density at radius 1 is 0.944 bits per heavy atom. The van der Waals surface area contributed by atoms with Crippen LogP contribution >= 0.6 is 0 Å². The largest absolute Gasteiger partial charge is 0.465 e. The molecule has 36 heavy (non-hydrogen) atoms. The van der Waals surface area contributed by atoms with Gasteiger partial charge in [0.2, 0.25) is 5.91 Å². The van der Waals surface area contributed by atoms with Crippen LogP contribution in [0.15, 0.2) is 90.5 Å². The maximum Gasteiger partial charge on any atom is 0.315 e. The molecule has 6 heteroatoms. The Hall–Kier alpha value is -4.19. The lowest BCUT2D eigenvalue weighted by Gasteiger charge is -2.47. The molecule has 3 atom stereocenters. The SMILES string of the molecule is CCOC(=O)[C@@H]1C(C(C)=O)=C(c2ccccc2)N[C@H](c2ccccc2)[C@@]12C(=O)N(C)c1ccccc12. The Balaban J connectivity index is 1.92. The fraction of sp³-hybridized carbons (Fsp3) is 0.233. The molecule has 0 aromatic heterocycles. The van der Waals surface area contributed by atoms with Crippen LogP contribution in [0.4, 0.5) is 5.69 Å². The number of amides is 1. The Bertz CT molecular complexity index is 1370. The van der Waals surface area contributed by atoms with E-state index in [-0.39, 0.29) is 23.9 Å². The number of hydrogen-bond acceptors (Lipinski definition) is 5. The van der Waals surface area contributed by atoms with Gasteiger partial charge in [-0.25, -0.2) is 0 Å². The number of esters is 1. The summed E-state index contributed by atoms with van der Waals surface area (Å²) in [6.07, 6.45) is 0. The lowest BCUT2D eigenvalue weighted by molar-refractivity contribution is -0.153. The lowest BCUT2D eigenvalue weighted by atomic mass is 9.59. The van der Waals surface area contributed by atoms with E-state index in [1.807, 2.05) is 84.9 Å². The second-order valence-electron chi connectivity index (χ2n) is 9.13. The number of benzene rings is 3. The maximum atomic E-state index is 14.4. The Kier molecular flexibility index (Phi) is 5.96. The van der Waals surface area contributed by atoms with Crippen molar-refractivity contribution >= 4 is 29.0 Å². The molecule has 5 rings (SSSR count). The summed E-state index contributed by atoms with van der Waals surface area (Å²) in [5.74, 6) is -2.27. The maximum absolute atomic E-state index is 14.4. The molecule has 0 bridgehead atoms. The van der Waals surface area contributed by atoms with Gasteiger partial charge in [0.15, 0.2) is 5.78 Å². The molecule has 2 aliphatic heterocycles. The summed E-state index contributed by atoms with van der Waals surface area (Å²) in [6.45, 7) is 3.30. The number of carbonyl (C=O) groups is 3. The molecule has 1 N–H and O–H groups in total. The average molecular weight is 481 g/mol. The van der Waals surface area contributed by atoms with Crippen molar-refractivity contribution in [1.29, 1.82) is 0 Å². The highest BCUT2D eigenvalue weighted by molar-refractivity contribution is 6.16. The third-order valence-corrected chi connectivity index (χ3v) is 7.22. The monoisotopic (exact) mass is 480 g/mol. The van der Waals surface area contributed by atoms with Crippen LogP contribution in [0.2, 0.25) is 0 Å². The highest BCUT2D eigenvalue weighted by Gasteiger charge is 2.66. The first-order valence-corrected chi connectivity index (χ1v) is 12.1. The molecule has 3 aromatic carbocycles. The molecule has 0 fully saturated rings. The molecule has 2 heterocycles. The Labute approximate surface area is 210 Å². The van der Waals surface area contributed by atoms with Gasteiger partial charge >= 0.3 is 5.97 Å². The van der Waals surface area contributed by atoms with Gasteiger partial charge in [0, 0.05) is 24.0 Å². The first-order chi connectivity index (χ1) is 17.4. The highest BCUT2D eigenvalue weighted by Crippen LogP contribution is 2.58. The number of carbonyl (C=O) groups excluding carboxylic acids is 3. The second kappa shape index (κ2) is 9.11. The minimum Gasteiger partial charge on any atom is -0.465 e. The van der Waals surface area contributed by atoms with E-state index in [0.29, 0.717) is 16.9 Å². The van der Waals surface area contributed by atoms with Gasteiger partial charge < -0.3 is 15.0 Å². The third kappa shape index (κ3) is 3.36. The standard InChI is InChI=1S/C30H28N2O4/c1-4-36-28(34)25-24(19(2)33)26(20-13-7-5-8-14-20)31-27(21-15-9-6-10-16-21)30(25)22-17-11-12-18-23(22)32(3)29(30)35/h5-18,25,27,31H,4H2,1-3H3/t25-,27+,30-/m0/s1. The zero-order valence-corrected chi connectivity index (χ0v) is 20.5. The summed E-state index contributed by atoms with van der Waals surface area (Å²) in [5.41, 5.74) is 2.39. The first kappa shape index (κ1) is 23.5. The summed E-state index contributed by atoms with van der Waals surface area (Å²) in [6, 6.07) is 25.9. The van der Waals surface area contributed by atoms with Crippen molar-refractivity contribution < 1.29 is 19.1 Å². The van der Waals surface area contributed by atoms with E-state index in [4.69, 9.17) is 4.74 Å². The number of anilines is 1. The topological polar surface area (TPSA) is 75.7 Å². The van der Waals surface area contributed by atoms with Gasteiger partial charge in [-0.3, -0.25) is 14.4 Å². The number of rotatable bonds is 5. The average Bonchev–Trinajstić information content (AvgIpc) is 3.12. The predicted molar refractivity (Wildman–Crippen MR) is 138 cm³/mol. The Morgan fingerprint density at radius 3 is 2.19 bits per heavy atom. The summed E-state index contributed by atoms with van der Waals surface area (Å²) in [7, 11) is 1.71. The third-order valence-electron chi connectivity index (χ3n) is 7.22. The molecule has 1 spiro atoms. The number of nitrogens with zero attached hydrogens (tertiary/aromatic N) is 1. The van der Waals surface area contributed by atoms with Crippen LogP contribution in [0.25, 0.3) is 5.70 Å². The summed E-state index contributed by atoms with van der Waals surface area (Å²) < 4.78 is 5.59. The molecular weight excluding hydrogens is 452 g/mol. The number of para-hydroxylation sites is 1. The smallest absolute Gasteiger partial charge is 0.315 e. The van der Waals surface area contributed by atoms with Gasteiger partial charge in [0.05, 0.1) is 12.6 Å². The molecule has 3 aromatic rings. The highest BCUT2D eigenvalue weighted by atomic mass is 16.5. The van der Waals surface area contributed by atoms with E-state index >= 15 is 0 Å². The van der Waals surface area contributed by atoms with Crippen molar-refractivity contribution in [3.05, 3.63) is 107 Å². The van der Waals surface area contributed by atoms with Gasteiger partial charge in [-0.2, -0.15) is 0 Å². The minimum absolute atomic E-state index is 0.131. The van der Waals surface area contributed by atoms with Crippen LogP contribution in [0.3, 0.4) is 0 Å². The number of likely N-dealkylation sites (N-methyl/N-ethyl adjacent to an activating group) is 1. The van der Waals surface area contributed by atoms with Crippen molar-refractivity contribution in [3.8, 4) is 0 Å². The minimum atomic E-state index is -1.42. The molecule has 1 amide bonds. The Morgan fingerprint density at radius 2 is 1.56 bits per heavy atom. The molecule has 0 aliphatic carbocycles. The molecule has 182 valence electrons. The van der Waals surface area contributed by atoms with Crippen molar-refractivity contribution in [2.75, 3.05) is 18.6 Å². The van der Waals surface area contributed by atoms with Crippen molar-refractivity contribution in [2.24, 2.45) is 5.92 Å². The van der Waals surface area contributed by atoms with Crippen LogP contribution in [-0.4, -0.2) is 31.3 Å². The van der Waals surface area contributed by atoms with Gasteiger partial charge in [-0.15, -0.1) is 0 Å². The van der Waals surface area contributed by atoms with E-state index in [0.717, 1.165) is 11.1 Å². The summed E-state index contributed by atoms with van der Waals surface area (Å²) >= 11 is 0. The zero-order chi connectivity index (χ0) is 25.4. The van der Waals surface area contributed by atoms with Crippen LogP contribution in [0, 0.1) is 5.92 Å². The van der Waals surface area contributed by atoms with Crippen molar-refractivity contribution in [3.63, 3.8) is 0 Å². The predicted octanol–water partition coefficient (Wildman–Crippen LogP) is 4.42. The van der Waals surface area contributed by atoms with E-state index in [1.54, 1.807) is 18.9 Å². The van der Waals surface area contributed by atoms with Crippen LogP contribution in [0.5, 0.6) is 0 Å². The van der Waals surface area contributed by atoms with E-state index in [2.05, 4.69) is 5.32 Å². The van der Waals surface area contributed by atoms with E-state index < -0.39 is 23.3 Å². The molecular formula is C30H28N2O4. The van der Waals surface area contributed by atoms with Gasteiger partial charge in [-0.1, -0.05) is 78.9 Å². The number of ketones is 1. The molecule has 0 saturated heterocycles. The zero-order valence-electron chi connectivity index (χ0n) is 20.5. The van der Waals surface area contributed by atoms with Crippen LogP contribution < -0.4 is 10.2 Å².